The molecule has 0 saturated heterocycles. The summed E-state index contributed by atoms with van der Waals surface area (Å²) in [7, 11) is 0. The second-order valence-corrected chi connectivity index (χ2v) is 28.4. The van der Waals surface area contributed by atoms with E-state index in [0.29, 0.717) is 0 Å². The van der Waals surface area contributed by atoms with E-state index in [1.165, 1.54) is 94.6 Å². The van der Waals surface area contributed by atoms with Crippen LogP contribution in [0.4, 0.5) is 17.1 Å². The van der Waals surface area contributed by atoms with Gasteiger partial charge in [-0.15, -0.1) is 0 Å². The van der Waals surface area contributed by atoms with Gasteiger partial charge in [0.25, 0.3) is 0 Å². The average Bonchev–Trinajstić information content (AvgIpc) is 3.65. The number of nitrogens with zero attached hydrogens (tertiary/aromatic N) is 2. The van der Waals surface area contributed by atoms with Crippen molar-refractivity contribution in [3.8, 4) is 27.9 Å². The highest BCUT2D eigenvalue weighted by molar-refractivity contribution is 14.3. The second kappa shape index (κ2) is 13.2. The van der Waals surface area contributed by atoms with E-state index in [1.807, 2.05) is 0 Å². The van der Waals surface area contributed by atoms with Crippen LogP contribution in [0, 0.1) is 0 Å². The van der Waals surface area contributed by atoms with E-state index < -0.39 is 0 Å². The van der Waals surface area contributed by atoms with Gasteiger partial charge >= 0.3 is 0 Å². The summed E-state index contributed by atoms with van der Waals surface area (Å²) in [5.74, 6) is 0. The molecule has 0 unspecified atom stereocenters. The Morgan fingerprint density at radius 3 is 1.82 bits per heavy atom. The van der Waals surface area contributed by atoms with Crippen molar-refractivity contribution in [1.29, 1.82) is 0 Å². The molecule has 0 saturated carbocycles. The van der Waals surface area contributed by atoms with Crippen LogP contribution in [-0.2, 0) is 16.2 Å². The molecule has 8 aromatic rings. The third kappa shape index (κ3) is 5.64. The summed E-state index contributed by atoms with van der Waals surface area (Å²) in [6, 6.07) is 57.2. The van der Waals surface area contributed by atoms with Crippen LogP contribution in [0.15, 0.2) is 152 Å². The molecular weight excluding hydrogens is 1030 g/mol. The van der Waals surface area contributed by atoms with Gasteiger partial charge in [0.2, 0.25) is 0 Å². The molecule has 1 aliphatic heterocycles. The molecule has 0 spiro atoms. The fraction of sp³-hybridized carbons (Fsp3) is 0.192. The maximum atomic E-state index is 2.58. The van der Waals surface area contributed by atoms with Gasteiger partial charge in [0.1, 0.15) is -0.565 Å². The first-order valence-electron chi connectivity index (χ1n) is 19.7. The molecule has 0 radical (unpaired) electrons. The van der Waals surface area contributed by atoms with Crippen molar-refractivity contribution in [2.24, 2.45) is 0 Å². The Morgan fingerprint density at radius 1 is 0.456 bits per heavy atom. The first-order valence-corrected chi connectivity index (χ1v) is 22.9. The van der Waals surface area contributed by atoms with Gasteiger partial charge in [-0.05, 0) is 117 Å². The van der Waals surface area contributed by atoms with E-state index >= 15 is 0 Å². The fourth-order valence-electron chi connectivity index (χ4n) is 9.58. The van der Waals surface area contributed by atoms with Crippen LogP contribution in [-0.4, -0.2) is 4.00 Å². The zero-order chi connectivity index (χ0) is 39.6. The van der Waals surface area contributed by atoms with Gasteiger partial charge in [0, 0.05) is 38.4 Å². The van der Waals surface area contributed by atoms with Gasteiger partial charge in [0.05, 0.1) is 22.4 Å². The molecular formula is C52H43I3N2. The van der Waals surface area contributed by atoms with Crippen LogP contribution in [0.5, 0.6) is 0 Å². The zero-order valence-electron chi connectivity index (χ0n) is 33.0. The van der Waals surface area contributed by atoms with Crippen molar-refractivity contribution in [2.45, 2.75) is 57.2 Å². The monoisotopic (exact) mass is 1080 g/mol. The third-order valence-corrected chi connectivity index (χ3v) is 17.1. The van der Waals surface area contributed by atoms with E-state index in [1.54, 1.807) is 0 Å². The summed E-state index contributed by atoms with van der Waals surface area (Å²) in [6.45, 7) is 14.3. The van der Waals surface area contributed by atoms with Crippen molar-refractivity contribution < 1.29 is 0 Å². The predicted molar refractivity (Wildman–Crippen MR) is 268 cm³/mol. The molecule has 10 rings (SSSR count). The van der Waals surface area contributed by atoms with Crippen LogP contribution in [0.3, 0.4) is 0 Å². The van der Waals surface area contributed by atoms with E-state index in [9.17, 15) is 0 Å². The van der Waals surface area contributed by atoms with Gasteiger partial charge in [-0.1, -0.05) is 194 Å². The topological polar surface area (TPSA) is 8.17 Å². The van der Waals surface area contributed by atoms with Crippen LogP contribution in [0.2, 0.25) is 0 Å². The summed E-state index contributed by atoms with van der Waals surface area (Å²) >= 11 is 7.74. The smallest absolute Gasteiger partial charge is 0.133 e. The van der Waals surface area contributed by atoms with Crippen LogP contribution in [0.25, 0.3) is 49.7 Å². The van der Waals surface area contributed by atoms with Gasteiger partial charge < -0.3 is 9.47 Å². The molecule has 1 aliphatic carbocycles. The van der Waals surface area contributed by atoms with Gasteiger partial charge in [0.15, 0.2) is 0 Å². The molecule has 0 amide bonds. The predicted octanol–water partition coefficient (Wildman–Crippen LogP) is 16.1. The summed E-state index contributed by atoms with van der Waals surface area (Å²) < 4.78 is 2.43. The number of hydrogen-bond acceptors (Lipinski definition) is 1. The summed E-state index contributed by atoms with van der Waals surface area (Å²) in [6.07, 6.45) is 0. The van der Waals surface area contributed by atoms with E-state index in [2.05, 4.69) is 270 Å². The first kappa shape index (κ1) is 37.6. The highest BCUT2D eigenvalue weighted by atomic mass is 127. The number of benzene rings is 7. The number of halogens is 3. The number of alkyl halides is 3. The molecule has 0 atom stereocenters. The van der Waals surface area contributed by atoms with E-state index in [0.717, 1.165) is 0 Å². The quantitative estimate of drug-likeness (QED) is 0.123. The van der Waals surface area contributed by atoms with Crippen molar-refractivity contribution in [3.63, 3.8) is 0 Å². The fourth-order valence-corrected chi connectivity index (χ4v) is 10.5. The Balaban J connectivity index is 1.17. The van der Waals surface area contributed by atoms with Gasteiger partial charge in [-0.25, -0.2) is 0 Å². The first-order chi connectivity index (χ1) is 27.2. The maximum Gasteiger partial charge on any atom is 0.133 e. The van der Waals surface area contributed by atoms with E-state index in [-0.39, 0.29) is 15.7 Å². The van der Waals surface area contributed by atoms with Crippen LogP contribution >= 0.6 is 67.8 Å². The Morgan fingerprint density at radius 2 is 1.07 bits per heavy atom. The third-order valence-electron chi connectivity index (χ3n) is 13.1. The van der Waals surface area contributed by atoms with Crippen molar-refractivity contribution in [2.75, 3.05) is 4.90 Å². The summed E-state index contributed by atoms with van der Waals surface area (Å²) in [5.41, 5.74) is 19.0. The highest BCUT2D eigenvalue weighted by Gasteiger charge is 2.43. The van der Waals surface area contributed by atoms with Crippen LogP contribution in [0.1, 0.15) is 69.4 Å². The molecule has 1 aromatic heterocycles. The molecule has 2 nitrogen and oxygen atoms in total. The normalized spacial score (nSPS) is 15.4. The largest absolute Gasteiger partial charge is 0.310 e. The molecule has 0 N–H and O–H groups in total. The zero-order valence-corrected chi connectivity index (χ0v) is 39.4. The minimum absolute atomic E-state index is 0.0209. The molecule has 57 heavy (non-hydrogen) atoms. The lowest BCUT2D eigenvalue weighted by Gasteiger charge is -2.43. The number of fused-ring (bicyclic) bond motifs is 8. The van der Waals surface area contributed by atoms with Gasteiger partial charge in [-0.3, -0.25) is 0 Å². The van der Waals surface area contributed by atoms with Crippen LogP contribution < -0.4 is 4.90 Å². The lowest BCUT2D eigenvalue weighted by molar-refractivity contribution is 0.591. The molecule has 2 heterocycles. The molecule has 2 aliphatic rings. The lowest BCUT2D eigenvalue weighted by atomic mass is 9.71. The Labute approximate surface area is 377 Å². The van der Waals surface area contributed by atoms with Gasteiger partial charge in [-0.2, -0.15) is 0 Å². The minimum atomic E-state index is -0.257. The number of rotatable bonds is 5. The molecule has 0 fully saturated rings. The molecule has 7 aromatic carbocycles. The summed E-state index contributed by atoms with van der Waals surface area (Å²) in [5, 5.41) is 2.54. The lowest BCUT2D eigenvalue weighted by Crippen LogP contribution is -2.32. The Kier molecular flexibility index (Phi) is 8.68. The number of anilines is 3. The minimum Gasteiger partial charge on any atom is -0.310 e. The number of para-hydroxylation sites is 2. The Bertz CT molecular complexity index is 2910. The molecule has 5 heteroatoms. The maximum absolute atomic E-state index is 2.58. The average molecular weight is 1080 g/mol. The highest BCUT2D eigenvalue weighted by Crippen LogP contribution is 2.58. The standard InChI is InChI=1S/C52H43I3N2/c1-49(2)41-18-12-10-16-37(41)39-30-44-48(31-42(39)49)57(36-24-22-34(23-25-36)51(5,6)52(53,54)55)47-27-21-33(29-43(47)50(44,3)4)32-20-26-46-40(28-32)38-17-11-13-19-45(38)56(46)35-14-8-7-9-15-35/h7-31H,1-6H3. The number of hydrogen-bond donors (Lipinski definition) is 0. The number of aromatic nitrogens is 1. The molecule has 0 bridgehead atoms. The van der Waals surface area contributed by atoms with E-state index in [4.69, 9.17) is 0 Å². The van der Waals surface area contributed by atoms with Crippen molar-refractivity contribution in [3.05, 3.63) is 179 Å². The second-order valence-electron chi connectivity index (χ2n) is 17.4. The SMILES string of the molecule is CC1(C)c2ccccc2-c2cc3c(cc21)N(c1ccc(C(C)(C)C(I)(I)I)cc1)c1ccc(-c2ccc4c(c2)c2ccccc2n4-c2ccccc2)cc1C3(C)C. The van der Waals surface area contributed by atoms with Crippen molar-refractivity contribution in [1.82, 2.24) is 4.57 Å². The van der Waals surface area contributed by atoms with Crippen molar-refractivity contribution >= 4 is 107 Å². The Hall–Kier alpha value is -3.67. The molecule has 282 valence electrons. The summed E-state index contributed by atoms with van der Waals surface area (Å²) in [4.78, 5) is 2.54.